The Bertz CT molecular complexity index is 254. The summed E-state index contributed by atoms with van der Waals surface area (Å²) < 4.78 is 0. The van der Waals surface area contributed by atoms with Crippen LogP contribution in [0.25, 0.3) is 0 Å². The largest absolute Gasteiger partial charge is 0.456 e. The fourth-order valence-electron chi connectivity index (χ4n) is 1.40. The zero-order valence-electron chi connectivity index (χ0n) is 7.56. The van der Waals surface area contributed by atoms with E-state index in [1.54, 1.807) is 12.4 Å². The number of piperazine rings is 1. The molecule has 2 heterocycles. The molecule has 0 unspecified atom stereocenters. The van der Waals surface area contributed by atoms with Gasteiger partial charge in [0.25, 0.3) is 0 Å². The summed E-state index contributed by atoms with van der Waals surface area (Å²) in [7, 11) is 3.89. The summed E-state index contributed by atoms with van der Waals surface area (Å²) in [5, 5.41) is 0. The number of rotatable bonds is 1. The summed E-state index contributed by atoms with van der Waals surface area (Å²) >= 11 is 0. The quantitative estimate of drug-likeness (QED) is 0.581. The van der Waals surface area contributed by atoms with Gasteiger partial charge < -0.3 is 9.80 Å². The third-order valence-electron chi connectivity index (χ3n) is 2.21. The van der Waals surface area contributed by atoms with E-state index in [1.807, 2.05) is 6.07 Å². The molecule has 0 radical (unpaired) electrons. The van der Waals surface area contributed by atoms with Crippen LogP contribution in [0.2, 0.25) is 0 Å². The first kappa shape index (κ1) is 8.44. The van der Waals surface area contributed by atoms with Crippen molar-refractivity contribution in [1.29, 1.82) is 0 Å². The molecular formula is C9H13N4-. The lowest BCUT2D eigenvalue weighted by atomic mass is 10.3. The van der Waals surface area contributed by atoms with Crippen LogP contribution < -0.4 is 4.90 Å². The van der Waals surface area contributed by atoms with Gasteiger partial charge in [0, 0.05) is 25.5 Å². The topological polar surface area (TPSA) is 32.3 Å². The monoisotopic (exact) mass is 177 g/mol. The predicted molar refractivity (Wildman–Crippen MR) is 51.2 cm³/mol. The van der Waals surface area contributed by atoms with Gasteiger partial charge in [-0.15, -0.1) is 0 Å². The molecule has 0 spiro atoms. The Kier molecular flexibility index (Phi) is 2.40. The first-order valence-corrected chi connectivity index (χ1v) is 4.44. The summed E-state index contributed by atoms with van der Waals surface area (Å²) in [5.41, 5.74) is 0. The summed E-state index contributed by atoms with van der Waals surface area (Å²) in [5.74, 6) is 0.829. The van der Waals surface area contributed by atoms with Crippen LogP contribution in [0.1, 0.15) is 0 Å². The average Bonchev–Trinajstić information content (AvgIpc) is 2.20. The average molecular weight is 177 g/mol. The highest BCUT2D eigenvalue weighted by molar-refractivity contribution is 5.29. The van der Waals surface area contributed by atoms with Crippen molar-refractivity contribution >= 4 is 5.95 Å². The summed E-state index contributed by atoms with van der Waals surface area (Å²) in [4.78, 5) is 12.7. The van der Waals surface area contributed by atoms with E-state index in [0.29, 0.717) is 0 Å². The van der Waals surface area contributed by atoms with Crippen molar-refractivity contribution in [2.45, 2.75) is 0 Å². The van der Waals surface area contributed by atoms with Crippen LogP contribution in [0.4, 0.5) is 5.95 Å². The van der Waals surface area contributed by atoms with E-state index in [4.69, 9.17) is 0 Å². The summed E-state index contributed by atoms with van der Waals surface area (Å²) in [6.07, 6.45) is 3.55. The molecule has 1 aliphatic heterocycles. The minimum absolute atomic E-state index is 0.829. The molecule has 4 heteroatoms. The molecule has 0 aliphatic carbocycles. The molecular weight excluding hydrogens is 164 g/mol. The molecule has 0 bridgehead atoms. The summed E-state index contributed by atoms with van der Waals surface area (Å²) in [6.45, 7) is 3.90. The van der Waals surface area contributed by atoms with E-state index in [9.17, 15) is 0 Å². The van der Waals surface area contributed by atoms with Crippen molar-refractivity contribution in [3.63, 3.8) is 0 Å². The highest BCUT2D eigenvalue weighted by Crippen LogP contribution is 2.08. The van der Waals surface area contributed by atoms with E-state index < -0.39 is 0 Å². The zero-order valence-corrected chi connectivity index (χ0v) is 7.56. The second-order valence-corrected chi connectivity index (χ2v) is 3.15. The van der Waals surface area contributed by atoms with Crippen molar-refractivity contribution in [1.82, 2.24) is 14.9 Å². The lowest BCUT2D eigenvalue weighted by Gasteiger charge is -2.36. The van der Waals surface area contributed by atoms with Crippen LogP contribution in [0.3, 0.4) is 0 Å². The third-order valence-corrected chi connectivity index (χ3v) is 2.21. The molecule has 0 aromatic carbocycles. The van der Waals surface area contributed by atoms with E-state index in [1.165, 1.54) is 0 Å². The second kappa shape index (κ2) is 3.70. The van der Waals surface area contributed by atoms with Gasteiger partial charge in [-0.3, -0.25) is 7.05 Å². The minimum Gasteiger partial charge on any atom is -0.456 e. The van der Waals surface area contributed by atoms with Gasteiger partial charge >= 0.3 is 0 Å². The molecule has 0 atom stereocenters. The fraction of sp³-hybridized carbons (Fsp3) is 0.444. The second-order valence-electron chi connectivity index (χ2n) is 3.15. The Balaban J connectivity index is 2.03. The molecule has 1 aromatic rings. The number of nitrogens with zero attached hydrogens (tertiary/aromatic N) is 4. The molecule has 0 saturated carbocycles. The Morgan fingerprint density at radius 2 is 1.69 bits per heavy atom. The summed E-state index contributed by atoms with van der Waals surface area (Å²) in [6, 6.07) is 1.83. The maximum absolute atomic E-state index is 4.20. The number of hydrogen-bond donors (Lipinski definition) is 0. The lowest BCUT2D eigenvalue weighted by Crippen LogP contribution is -2.44. The molecule has 2 rings (SSSR count). The van der Waals surface area contributed by atoms with Crippen LogP contribution in [0, 0.1) is 7.05 Å². The van der Waals surface area contributed by atoms with Gasteiger partial charge in [0.1, 0.15) is 0 Å². The lowest BCUT2D eigenvalue weighted by molar-refractivity contribution is 0.342. The van der Waals surface area contributed by atoms with Gasteiger partial charge in [0.2, 0.25) is 5.95 Å². The number of anilines is 1. The SMILES string of the molecule is [CH2-]N1CCN(c2ncccn2)CC1. The van der Waals surface area contributed by atoms with Crippen molar-refractivity contribution in [2.24, 2.45) is 0 Å². The van der Waals surface area contributed by atoms with E-state index in [0.717, 1.165) is 32.1 Å². The number of hydrogen-bond acceptors (Lipinski definition) is 4. The molecule has 1 fully saturated rings. The third kappa shape index (κ3) is 1.95. The van der Waals surface area contributed by atoms with Gasteiger partial charge in [0.05, 0.1) is 0 Å². The number of aromatic nitrogens is 2. The van der Waals surface area contributed by atoms with Crippen molar-refractivity contribution < 1.29 is 0 Å². The van der Waals surface area contributed by atoms with Crippen LogP contribution in [0.5, 0.6) is 0 Å². The first-order chi connectivity index (χ1) is 6.36. The smallest absolute Gasteiger partial charge is 0.225 e. The Labute approximate surface area is 78.2 Å². The normalized spacial score (nSPS) is 19.0. The Morgan fingerprint density at radius 3 is 2.31 bits per heavy atom. The van der Waals surface area contributed by atoms with Crippen molar-refractivity contribution in [3.8, 4) is 0 Å². The molecule has 0 amide bonds. The van der Waals surface area contributed by atoms with Crippen LogP contribution >= 0.6 is 0 Å². The molecule has 4 nitrogen and oxygen atoms in total. The van der Waals surface area contributed by atoms with Crippen molar-refractivity contribution in [2.75, 3.05) is 31.1 Å². The maximum Gasteiger partial charge on any atom is 0.225 e. The van der Waals surface area contributed by atoms with Crippen LogP contribution in [-0.2, 0) is 0 Å². The first-order valence-electron chi connectivity index (χ1n) is 4.44. The Hall–Kier alpha value is -1.16. The molecule has 1 aliphatic rings. The Morgan fingerprint density at radius 1 is 1.08 bits per heavy atom. The molecule has 1 saturated heterocycles. The van der Waals surface area contributed by atoms with Crippen molar-refractivity contribution in [3.05, 3.63) is 25.5 Å². The molecule has 70 valence electrons. The minimum atomic E-state index is 0.829. The standard InChI is InChI=1S/C9H13N4/c1-12-5-7-13(8-6-12)9-10-3-2-4-11-9/h2-4H,1,5-8H2/q-1. The fourth-order valence-corrected chi connectivity index (χ4v) is 1.40. The maximum atomic E-state index is 4.20. The van der Waals surface area contributed by atoms with E-state index >= 15 is 0 Å². The predicted octanol–water partition coefficient (Wildman–Crippen LogP) is 0.390. The van der Waals surface area contributed by atoms with Crippen LogP contribution in [-0.4, -0.2) is 41.0 Å². The van der Waals surface area contributed by atoms with E-state index in [2.05, 4.69) is 26.8 Å². The van der Waals surface area contributed by atoms with Crippen LogP contribution in [0.15, 0.2) is 18.5 Å². The molecule has 1 aromatic heterocycles. The zero-order chi connectivity index (χ0) is 9.10. The molecule has 0 N–H and O–H groups in total. The van der Waals surface area contributed by atoms with Gasteiger partial charge in [-0.05, 0) is 19.2 Å². The van der Waals surface area contributed by atoms with E-state index in [-0.39, 0.29) is 0 Å². The molecule has 13 heavy (non-hydrogen) atoms. The van der Waals surface area contributed by atoms with Gasteiger partial charge in [-0.1, -0.05) is 0 Å². The highest BCUT2D eigenvalue weighted by atomic mass is 15.3. The van der Waals surface area contributed by atoms with Gasteiger partial charge in [-0.2, -0.15) is 0 Å². The van der Waals surface area contributed by atoms with Gasteiger partial charge in [0.15, 0.2) is 0 Å². The van der Waals surface area contributed by atoms with Gasteiger partial charge in [-0.25, -0.2) is 9.97 Å². The highest BCUT2D eigenvalue weighted by Gasteiger charge is 2.12.